The van der Waals surface area contributed by atoms with Crippen LogP contribution in [0, 0.1) is 0 Å². The third kappa shape index (κ3) is 2.90. The van der Waals surface area contributed by atoms with E-state index in [1.54, 1.807) is 12.1 Å². The predicted molar refractivity (Wildman–Crippen MR) is 64.5 cm³/mol. The summed E-state index contributed by atoms with van der Waals surface area (Å²) in [5, 5.41) is 9.33. The molecular formula is C13H19NO2. The fourth-order valence-corrected chi connectivity index (χ4v) is 1.43. The van der Waals surface area contributed by atoms with Crippen molar-refractivity contribution < 1.29 is 9.90 Å². The second kappa shape index (κ2) is 4.76. The Balaban J connectivity index is 2.91. The first kappa shape index (κ1) is 12.9. The molecule has 1 aromatic rings. The second-order valence-corrected chi connectivity index (χ2v) is 4.94. The van der Waals surface area contributed by atoms with Crippen LogP contribution in [0.15, 0.2) is 24.3 Å². The van der Waals surface area contributed by atoms with Crippen LogP contribution < -0.4 is 5.73 Å². The number of aliphatic hydroxyl groups is 1. The van der Waals surface area contributed by atoms with Crippen molar-refractivity contribution in [2.45, 2.75) is 32.3 Å². The summed E-state index contributed by atoms with van der Waals surface area (Å²) in [7, 11) is 0. The maximum atomic E-state index is 11.6. The van der Waals surface area contributed by atoms with Crippen LogP contribution >= 0.6 is 0 Å². The minimum atomic E-state index is -1.10. The highest BCUT2D eigenvalue weighted by molar-refractivity contribution is 5.99. The molecule has 0 fully saturated rings. The SMILES string of the molecule is CC(C)(C)c1ccc(C(=O)C(O)CN)cc1. The Bertz CT molecular complexity index is 363. The number of carbonyl (C=O) groups is 1. The van der Waals surface area contributed by atoms with Gasteiger partial charge in [-0.05, 0) is 11.0 Å². The zero-order valence-electron chi connectivity index (χ0n) is 10.0. The average molecular weight is 221 g/mol. The molecule has 1 unspecified atom stereocenters. The van der Waals surface area contributed by atoms with Crippen molar-refractivity contribution >= 4 is 5.78 Å². The maximum absolute atomic E-state index is 11.6. The number of benzene rings is 1. The van der Waals surface area contributed by atoms with Gasteiger partial charge in [-0.25, -0.2) is 0 Å². The normalized spacial score (nSPS) is 13.6. The smallest absolute Gasteiger partial charge is 0.192 e. The van der Waals surface area contributed by atoms with Crippen LogP contribution in [-0.2, 0) is 5.41 Å². The number of rotatable bonds is 3. The van der Waals surface area contributed by atoms with Crippen LogP contribution in [0.2, 0.25) is 0 Å². The molecule has 0 saturated carbocycles. The van der Waals surface area contributed by atoms with Gasteiger partial charge in [-0.3, -0.25) is 4.79 Å². The molecule has 0 heterocycles. The highest BCUT2D eigenvalue weighted by Crippen LogP contribution is 2.22. The molecule has 0 aliphatic rings. The molecule has 3 nitrogen and oxygen atoms in total. The van der Waals surface area contributed by atoms with Crippen molar-refractivity contribution in [1.82, 2.24) is 0 Å². The van der Waals surface area contributed by atoms with Crippen molar-refractivity contribution in [2.24, 2.45) is 5.73 Å². The molecule has 3 N–H and O–H groups in total. The first-order valence-corrected chi connectivity index (χ1v) is 5.39. The topological polar surface area (TPSA) is 63.3 Å². The number of Topliss-reactive ketones (excluding diaryl/α,β-unsaturated/α-hetero) is 1. The summed E-state index contributed by atoms with van der Waals surface area (Å²) in [6.07, 6.45) is -1.10. The third-order valence-corrected chi connectivity index (χ3v) is 2.56. The van der Waals surface area contributed by atoms with Gasteiger partial charge in [-0.15, -0.1) is 0 Å². The molecule has 0 saturated heterocycles. The quantitative estimate of drug-likeness (QED) is 0.760. The van der Waals surface area contributed by atoms with Gasteiger partial charge in [-0.1, -0.05) is 45.0 Å². The number of hydrogen-bond donors (Lipinski definition) is 2. The summed E-state index contributed by atoms with van der Waals surface area (Å²) in [6.45, 7) is 6.29. The molecule has 0 bridgehead atoms. The minimum absolute atomic E-state index is 0.0418. The minimum Gasteiger partial charge on any atom is -0.384 e. The number of carbonyl (C=O) groups excluding carboxylic acids is 1. The highest BCUT2D eigenvalue weighted by Gasteiger charge is 2.17. The number of hydrogen-bond acceptors (Lipinski definition) is 3. The fourth-order valence-electron chi connectivity index (χ4n) is 1.43. The molecule has 1 rings (SSSR count). The van der Waals surface area contributed by atoms with Crippen LogP contribution in [0.3, 0.4) is 0 Å². The van der Waals surface area contributed by atoms with E-state index in [1.807, 2.05) is 12.1 Å². The summed E-state index contributed by atoms with van der Waals surface area (Å²) in [5.74, 6) is -0.317. The van der Waals surface area contributed by atoms with Crippen LogP contribution in [-0.4, -0.2) is 23.5 Å². The van der Waals surface area contributed by atoms with Gasteiger partial charge in [0.25, 0.3) is 0 Å². The Morgan fingerprint density at radius 1 is 1.31 bits per heavy atom. The maximum Gasteiger partial charge on any atom is 0.192 e. The van der Waals surface area contributed by atoms with Crippen molar-refractivity contribution in [3.8, 4) is 0 Å². The van der Waals surface area contributed by atoms with E-state index in [4.69, 9.17) is 5.73 Å². The predicted octanol–water partition coefficient (Wildman–Crippen LogP) is 1.49. The zero-order valence-corrected chi connectivity index (χ0v) is 10.0. The monoisotopic (exact) mass is 221 g/mol. The van der Waals surface area contributed by atoms with Crippen LogP contribution in [0.4, 0.5) is 0 Å². The van der Waals surface area contributed by atoms with E-state index in [0.717, 1.165) is 5.56 Å². The van der Waals surface area contributed by atoms with Crippen molar-refractivity contribution in [3.63, 3.8) is 0 Å². The van der Waals surface area contributed by atoms with Crippen LogP contribution in [0.5, 0.6) is 0 Å². The molecule has 1 atom stereocenters. The second-order valence-electron chi connectivity index (χ2n) is 4.94. The molecule has 16 heavy (non-hydrogen) atoms. The molecule has 0 amide bonds. The molecule has 0 aromatic heterocycles. The van der Waals surface area contributed by atoms with Gasteiger partial charge in [0.05, 0.1) is 0 Å². The van der Waals surface area contributed by atoms with Crippen LogP contribution in [0.25, 0.3) is 0 Å². The summed E-state index contributed by atoms with van der Waals surface area (Å²) < 4.78 is 0. The van der Waals surface area contributed by atoms with E-state index >= 15 is 0 Å². The number of ketones is 1. The lowest BCUT2D eigenvalue weighted by Gasteiger charge is -2.19. The summed E-state index contributed by atoms with van der Waals surface area (Å²) in [5.41, 5.74) is 6.97. The number of nitrogens with two attached hydrogens (primary N) is 1. The third-order valence-electron chi connectivity index (χ3n) is 2.56. The first-order chi connectivity index (χ1) is 7.36. The largest absolute Gasteiger partial charge is 0.384 e. The standard InChI is InChI=1S/C13H19NO2/c1-13(2,3)10-6-4-9(5-7-10)12(16)11(15)8-14/h4-7,11,15H,8,14H2,1-3H3. The Hall–Kier alpha value is -1.19. The van der Waals surface area contributed by atoms with E-state index in [2.05, 4.69) is 20.8 Å². The molecule has 0 radical (unpaired) electrons. The first-order valence-electron chi connectivity index (χ1n) is 5.39. The molecule has 0 aliphatic heterocycles. The summed E-state index contributed by atoms with van der Waals surface area (Å²) >= 11 is 0. The van der Waals surface area contributed by atoms with Crippen molar-refractivity contribution in [3.05, 3.63) is 35.4 Å². The van der Waals surface area contributed by atoms with Crippen LogP contribution in [0.1, 0.15) is 36.7 Å². The van der Waals surface area contributed by atoms with E-state index in [1.165, 1.54) is 0 Å². The van der Waals surface area contributed by atoms with Gasteiger partial charge in [0.1, 0.15) is 6.10 Å². The molecule has 1 aromatic carbocycles. The lowest BCUT2D eigenvalue weighted by molar-refractivity contribution is 0.0763. The molecule has 88 valence electrons. The molecule has 0 spiro atoms. The average Bonchev–Trinajstić information content (AvgIpc) is 2.26. The van der Waals surface area contributed by atoms with Crippen molar-refractivity contribution in [1.29, 1.82) is 0 Å². The Kier molecular flexibility index (Phi) is 3.83. The van der Waals surface area contributed by atoms with E-state index in [0.29, 0.717) is 5.56 Å². The molecule has 0 aliphatic carbocycles. The van der Waals surface area contributed by atoms with Gasteiger partial charge in [0, 0.05) is 12.1 Å². The Labute approximate surface area is 96.3 Å². The van der Waals surface area contributed by atoms with E-state index in [-0.39, 0.29) is 17.7 Å². The van der Waals surface area contributed by atoms with E-state index in [9.17, 15) is 9.90 Å². The van der Waals surface area contributed by atoms with Gasteiger partial charge < -0.3 is 10.8 Å². The lowest BCUT2D eigenvalue weighted by Crippen LogP contribution is -2.29. The zero-order chi connectivity index (χ0) is 12.3. The lowest BCUT2D eigenvalue weighted by atomic mass is 9.86. The van der Waals surface area contributed by atoms with Gasteiger partial charge >= 0.3 is 0 Å². The fraction of sp³-hybridized carbons (Fsp3) is 0.462. The molecule has 3 heteroatoms. The van der Waals surface area contributed by atoms with E-state index < -0.39 is 6.10 Å². The highest BCUT2D eigenvalue weighted by atomic mass is 16.3. The summed E-state index contributed by atoms with van der Waals surface area (Å²) in [6, 6.07) is 7.30. The van der Waals surface area contributed by atoms with Crippen molar-refractivity contribution in [2.75, 3.05) is 6.54 Å². The van der Waals surface area contributed by atoms with Gasteiger partial charge in [0.15, 0.2) is 5.78 Å². The Morgan fingerprint density at radius 2 is 1.81 bits per heavy atom. The van der Waals surface area contributed by atoms with Gasteiger partial charge in [0.2, 0.25) is 0 Å². The number of aliphatic hydroxyl groups excluding tert-OH is 1. The van der Waals surface area contributed by atoms with Gasteiger partial charge in [-0.2, -0.15) is 0 Å². The molecular weight excluding hydrogens is 202 g/mol. The summed E-state index contributed by atoms with van der Waals surface area (Å²) in [4.78, 5) is 11.6. The Morgan fingerprint density at radius 3 is 2.19 bits per heavy atom.